The molecule has 1 atom stereocenters. The van der Waals surface area contributed by atoms with Crippen molar-refractivity contribution in [2.45, 2.75) is 33.2 Å². The number of carbonyl (C=O) groups is 1. The molecule has 0 bridgehead atoms. The number of furan rings is 1. The van der Waals surface area contributed by atoms with Gasteiger partial charge in [-0.3, -0.25) is 0 Å². The van der Waals surface area contributed by atoms with Gasteiger partial charge in [0.25, 0.3) is 0 Å². The minimum absolute atomic E-state index is 0.264. The first kappa shape index (κ1) is 17.1. The molecular weight excluding hydrogens is 342 g/mol. The van der Waals surface area contributed by atoms with Gasteiger partial charge in [-0.05, 0) is 38.1 Å². The Hall–Kier alpha value is -3.28. The summed E-state index contributed by atoms with van der Waals surface area (Å²) in [5, 5.41) is 6.83. The number of hydrogen-bond acceptors (Lipinski definition) is 4. The Bertz CT molecular complexity index is 1130. The first-order valence-electron chi connectivity index (χ1n) is 9.00. The number of carbonyl (C=O) groups excluding carboxylic acids is 1. The molecule has 0 saturated heterocycles. The van der Waals surface area contributed by atoms with E-state index < -0.39 is 0 Å². The molecule has 2 N–H and O–H groups in total. The molecule has 27 heavy (non-hydrogen) atoms. The molecule has 0 aliphatic heterocycles. The lowest BCUT2D eigenvalue weighted by Gasteiger charge is -2.13. The molecule has 2 heterocycles. The quantitative estimate of drug-likeness (QED) is 0.514. The number of oxazole rings is 1. The Balaban J connectivity index is 1.49. The fourth-order valence-electron chi connectivity index (χ4n) is 3.24. The zero-order valence-electron chi connectivity index (χ0n) is 15.5. The maximum Gasteiger partial charge on any atom is 0.319 e. The Morgan fingerprint density at radius 3 is 2.74 bits per heavy atom. The predicted molar refractivity (Wildman–Crippen MR) is 105 cm³/mol. The van der Waals surface area contributed by atoms with Crippen LogP contribution in [0.5, 0.6) is 0 Å². The molecule has 0 aliphatic carbocycles. The molecule has 4 aromatic rings. The van der Waals surface area contributed by atoms with Crippen LogP contribution in [0.3, 0.4) is 0 Å². The van der Waals surface area contributed by atoms with Gasteiger partial charge < -0.3 is 19.5 Å². The van der Waals surface area contributed by atoms with Crippen molar-refractivity contribution in [3.63, 3.8) is 0 Å². The number of rotatable bonds is 4. The summed E-state index contributed by atoms with van der Waals surface area (Å²) in [6.07, 6.45) is 0.728. The van der Waals surface area contributed by atoms with Crippen LogP contribution in [-0.2, 0) is 6.42 Å². The van der Waals surface area contributed by atoms with E-state index >= 15 is 0 Å². The van der Waals surface area contributed by atoms with E-state index in [-0.39, 0.29) is 12.1 Å². The van der Waals surface area contributed by atoms with Crippen molar-refractivity contribution in [1.29, 1.82) is 0 Å². The van der Waals surface area contributed by atoms with Crippen molar-refractivity contribution in [3.8, 4) is 0 Å². The van der Waals surface area contributed by atoms with E-state index in [9.17, 15) is 4.79 Å². The number of fused-ring (bicyclic) bond motifs is 2. The van der Waals surface area contributed by atoms with Gasteiger partial charge in [-0.25, -0.2) is 9.78 Å². The van der Waals surface area contributed by atoms with Crippen molar-refractivity contribution in [3.05, 3.63) is 59.7 Å². The molecule has 2 amide bonds. The molecule has 2 aromatic carbocycles. The summed E-state index contributed by atoms with van der Waals surface area (Å²) in [6, 6.07) is 12.7. The average Bonchev–Trinajstić information content (AvgIpc) is 3.22. The van der Waals surface area contributed by atoms with E-state index in [0.29, 0.717) is 17.2 Å². The Morgan fingerprint density at radius 1 is 1.15 bits per heavy atom. The van der Waals surface area contributed by atoms with Crippen LogP contribution < -0.4 is 10.6 Å². The minimum Gasteiger partial charge on any atom is -0.459 e. The lowest BCUT2D eigenvalue weighted by Crippen LogP contribution is -2.31. The van der Waals surface area contributed by atoms with Crippen LogP contribution in [0, 0.1) is 6.92 Å². The fourth-order valence-corrected chi connectivity index (χ4v) is 3.24. The molecule has 6 nitrogen and oxygen atoms in total. The molecule has 0 radical (unpaired) electrons. The van der Waals surface area contributed by atoms with Crippen LogP contribution in [0.2, 0.25) is 0 Å². The Morgan fingerprint density at radius 2 is 1.96 bits per heavy atom. The van der Waals surface area contributed by atoms with Gasteiger partial charge in [0.05, 0.1) is 6.04 Å². The summed E-state index contributed by atoms with van der Waals surface area (Å²) in [5.41, 5.74) is 3.95. The number of benzene rings is 2. The lowest BCUT2D eigenvalue weighted by molar-refractivity contribution is 0.248. The van der Waals surface area contributed by atoms with Crippen molar-refractivity contribution >= 4 is 33.8 Å². The van der Waals surface area contributed by atoms with E-state index in [2.05, 4.69) is 15.6 Å². The largest absolute Gasteiger partial charge is 0.459 e. The van der Waals surface area contributed by atoms with E-state index in [1.165, 1.54) is 0 Å². The number of nitrogens with zero attached hydrogens (tertiary/aromatic N) is 1. The molecule has 138 valence electrons. The summed E-state index contributed by atoms with van der Waals surface area (Å²) in [7, 11) is 0. The van der Waals surface area contributed by atoms with Crippen molar-refractivity contribution in [2.75, 3.05) is 5.32 Å². The molecule has 0 fully saturated rings. The summed E-state index contributed by atoms with van der Waals surface area (Å²) in [6.45, 7) is 5.89. The number of anilines is 1. The SMILES string of the molecule is CCc1nc2cc(NC(=O)NC(C)c3oc4ccccc4c3C)ccc2o1. The third kappa shape index (κ3) is 3.26. The standard InChI is InChI=1S/C21H21N3O3/c1-4-19-24-16-11-14(9-10-18(16)26-19)23-21(25)22-13(3)20-12(2)15-7-5-6-8-17(15)27-20/h5-11,13H,4H2,1-3H3,(H2,22,23,25). The smallest absolute Gasteiger partial charge is 0.319 e. The van der Waals surface area contributed by atoms with Crippen LogP contribution in [0.4, 0.5) is 10.5 Å². The van der Waals surface area contributed by atoms with Crippen molar-refractivity contribution in [2.24, 2.45) is 0 Å². The van der Waals surface area contributed by atoms with Gasteiger partial charge in [-0.15, -0.1) is 0 Å². The highest BCUT2D eigenvalue weighted by Gasteiger charge is 2.18. The molecule has 0 aliphatic rings. The van der Waals surface area contributed by atoms with Crippen LogP contribution >= 0.6 is 0 Å². The van der Waals surface area contributed by atoms with Gasteiger partial charge in [0, 0.05) is 23.1 Å². The zero-order chi connectivity index (χ0) is 19.0. The fraction of sp³-hybridized carbons (Fsp3) is 0.238. The number of hydrogen-bond donors (Lipinski definition) is 2. The van der Waals surface area contributed by atoms with Gasteiger partial charge in [0.15, 0.2) is 11.5 Å². The van der Waals surface area contributed by atoms with Gasteiger partial charge in [-0.1, -0.05) is 25.1 Å². The lowest BCUT2D eigenvalue weighted by atomic mass is 10.1. The normalized spacial score (nSPS) is 12.4. The van der Waals surface area contributed by atoms with Gasteiger partial charge in [0.1, 0.15) is 16.9 Å². The summed E-state index contributed by atoms with van der Waals surface area (Å²) >= 11 is 0. The first-order chi connectivity index (χ1) is 13.0. The summed E-state index contributed by atoms with van der Waals surface area (Å²) < 4.78 is 11.5. The second-order valence-corrected chi connectivity index (χ2v) is 6.55. The molecule has 4 rings (SSSR count). The van der Waals surface area contributed by atoms with E-state index in [1.54, 1.807) is 12.1 Å². The molecule has 1 unspecified atom stereocenters. The monoisotopic (exact) mass is 363 g/mol. The predicted octanol–water partition coefficient (Wildman–Crippen LogP) is 5.33. The Kier molecular flexibility index (Phi) is 4.32. The van der Waals surface area contributed by atoms with Crippen molar-refractivity contribution < 1.29 is 13.6 Å². The number of urea groups is 1. The second kappa shape index (κ2) is 6.79. The molecule has 0 spiro atoms. The highest BCUT2D eigenvalue weighted by atomic mass is 16.3. The molecular formula is C21H21N3O3. The van der Waals surface area contributed by atoms with E-state index in [1.807, 2.05) is 51.1 Å². The summed E-state index contributed by atoms with van der Waals surface area (Å²) in [4.78, 5) is 16.8. The van der Waals surface area contributed by atoms with Crippen LogP contribution in [-0.4, -0.2) is 11.0 Å². The van der Waals surface area contributed by atoms with E-state index in [0.717, 1.165) is 34.2 Å². The maximum atomic E-state index is 12.4. The molecule has 0 saturated carbocycles. The number of para-hydroxylation sites is 1. The highest BCUT2D eigenvalue weighted by Crippen LogP contribution is 2.29. The van der Waals surface area contributed by atoms with Gasteiger partial charge in [0.2, 0.25) is 0 Å². The topological polar surface area (TPSA) is 80.3 Å². The number of amides is 2. The van der Waals surface area contributed by atoms with Crippen molar-refractivity contribution in [1.82, 2.24) is 10.3 Å². The third-order valence-corrected chi connectivity index (χ3v) is 4.61. The number of aryl methyl sites for hydroxylation is 2. The molecule has 2 aromatic heterocycles. The maximum absolute atomic E-state index is 12.4. The van der Waals surface area contributed by atoms with Crippen LogP contribution in [0.1, 0.15) is 37.1 Å². The summed E-state index contributed by atoms with van der Waals surface area (Å²) in [5.74, 6) is 1.44. The first-order valence-corrected chi connectivity index (χ1v) is 9.00. The second-order valence-electron chi connectivity index (χ2n) is 6.55. The average molecular weight is 363 g/mol. The third-order valence-electron chi connectivity index (χ3n) is 4.61. The Labute approximate surface area is 156 Å². The zero-order valence-corrected chi connectivity index (χ0v) is 15.5. The number of nitrogens with one attached hydrogen (secondary N) is 2. The minimum atomic E-state index is -0.305. The molecule has 6 heteroatoms. The van der Waals surface area contributed by atoms with E-state index in [4.69, 9.17) is 8.83 Å². The van der Waals surface area contributed by atoms with Crippen LogP contribution in [0.25, 0.3) is 22.1 Å². The number of aromatic nitrogens is 1. The van der Waals surface area contributed by atoms with Crippen LogP contribution in [0.15, 0.2) is 51.3 Å². The van der Waals surface area contributed by atoms with Gasteiger partial charge >= 0.3 is 6.03 Å². The highest BCUT2D eigenvalue weighted by molar-refractivity contribution is 5.92. The van der Waals surface area contributed by atoms with Gasteiger partial charge in [-0.2, -0.15) is 0 Å².